The molecule has 0 bridgehead atoms. The number of piperazine rings is 1. The number of halogens is 6. The van der Waals surface area contributed by atoms with Crippen LogP contribution in [0.15, 0.2) is 48.5 Å². The molecule has 0 saturated carbocycles. The van der Waals surface area contributed by atoms with Crippen LogP contribution in [0, 0.1) is 5.92 Å². The number of alkyl halides is 6. The number of carbonyl (C=O) groups excluding carboxylic acids is 3. The van der Waals surface area contributed by atoms with Crippen molar-refractivity contribution in [2.45, 2.75) is 38.0 Å². The molecule has 8 nitrogen and oxygen atoms in total. The number of amides is 3. The highest BCUT2D eigenvalue weighted by molar-refractivity contribution is 5.89. The molecule has 0 spiro atoms. The van der Waals surface area contributed by atoms with Crippen molar-refractivity contribution < 1.29 is 50.2 Å². The van der Waals surface area contributed by atoms with Gasteiger partial charge in [-0.3, -0.25) is 14.5 Å². The van der Waals surface area contributed by atoms with Crippen molar-refractivity contribution in [3.63, 3.8) is 0 Å². The van der Waals surface area contributed by atoms with Crippen LogP contribution in [0.4, 0.5) is 31.1 Å². The molecule has 2 aliphatic rings. The van der Waals surface area contributed by atoms with Gasteiger partial charge in [-0.25, -0.2) is 4.79 Å². The van der Waals surface area contributed by atoms with Crippen LogP contribution in [0.3, 0.4) is 0 Å². The van der Waals surface area contributed by atoms with Gasteiger partial charge < -0.3 is 19.3 Å². The lowest BCUT2D eigenvalue weighted by atomic mass is 9.93. The largest absolute Gasteiger partial charge is 0.444 e. The summed E-state index contributed by atoms with van der Waals surface area (Å²) in [6, 6.07) is 9.93. The average Bonchev–Trinajstić information content (AvgIpc) is 2.93. The Hall–Kier alpha value is -3.81. The van der Waals surface area contributed by atoms with E-state index in [9.17, 15) is 40.7 Å². The summed E-state index contributed by atoms with van der Waals surface area (Å²) in [5.74, 6) is -1.42. The molecule has 2 aromatic carbocycles. The summed E-state index contributed by atoms with van der Waals surface area (Å²) >= 11 is 0. The third kappa shape index (κ3) is 7.33. The Morgan fingerprint density at radius 2 is 1.57 bits per heavy atom. The van der Waals surface area contributed by atoms with E-state index in [1.54, 1.807) is 30.3 Å². The Labute approximate surface area is 237 Å². The predicted octanol–water partition coefficient (Wildman–Crippen LogP) is 4.57. The van der Waals surface area contributed by atoms with Gasteiger partial charge in [-0.05, 0) is 42.2 Å². The van der Waals surface area contributed by atoms with Crippen LogP contribution in [0.5, 0.6) is 0 Å². The molecule has 2 aliphatic heterocycles. The first-order valence-corrected chi connectivity index (χ1v) is 13.1. The van der Waals surface area contributed by atoms with Gasteiger partial charge in [0.25, 0.3) is 0 Å². The van der Waals surface area contributed by atoms with Crippen molar-refractivity contribution in [1.82, 2.24) is 14.7 Å². The molecule has 2 atom stereocenters. The maximum atomic E-state index is 13.4. The summed E-state index contributed by atoms with van der Waals surface area (Å²) in [7, 11) is 1.51. The highest BCUT2D eigenvalue weighted by Crippen LogP contribution is 2.36. The first kappa shape index (κ1) is 31.1. The molecule has 0 N–H and O–H groups in total. The van der Waals surface area contributed by atoms with Gasteiger partial charge in [-0.1, -0.05) is 30.3 Å². The zero-order valence-electron chi connectivity index (χ0n) is 22.6. The van der Waals surface area contributed by atoms with Crippen molar-refractivity contribution in [3.8, 4) is 0 Å². The van der Waals surface area contributed by atoms with Crippen LogP contribution in [-0.4, -0.2) is 78.7 Å². The maximum Gasteiger partial charge on any atom is 0.416 e. The predicted molar refractivity (Wildman–Crippen MR) is 136 cm³/mol. The van der Waals surface area contributed by atoms with E-state index in [0.717, 1.165) is 5.56 Å². The molecule has 228 valence electrons. The van der Waals surface area contributed by atoms with E-state index in [2.05, 4.69) is 0 Å². The number of benzene rings is 2. The molecule has 14 heteroatoms. The molecule has 0 radical (unpaired) electrons. The minimum atomic E-state index is -5.06. The first-order valence-electron chi connectivity index (χ1n) is 13.1. The number of carbonyl (C=O) groups is 3. The molecular formula is C28H29F6N3O5. The Morgan fingerprint density at radius 3 is 2.17 bits per heavy atom. The van der Waals surface area contributed by atoms with Crippen LogP contribution in [0.2, 0.25) is 0 Å². The summed E-state index contributed by atoms with van der Waals surface area (Å²) in [5, 5.41) is 0. The van der Waals surface area contributed by atoms with Crippen molar-refractivity contribution in [3.05, 3.63) is 70.8 Å². The second-order valence-corrected chi connectivity index (χ2v) is 10.1. The second-order valence-electron chi connectivity index (χ2n) is 10.1. The average molecular weight is 602 g/mol. The Kier molecular flexibility index (Phi) is 9.34. The smallest absolute Gasteiger partial charge is 0.416 e. The standard InChI is InChI=1S/C28H29F6N3O5/c1-41-9-5-8-35-15-23-36(16-24(35)38)25(39)20(10-18-6-3-2-4-7-18)14-37(23)26(40)42-17-19-11-21(27(29,30)31)13-22(12-19)28(32,33)34/h2-4,6-7,11-13,20,23H,5,8-10,14-17H2,1H3/t20-,23?/m1/s1. The number of hydrogen-bond donors (Lipinski definition) is 0. The molecule has 2 aromatic rings. The highest BCUT2D eigenvalue weighted by atomic mass is 19.4. The van der Waals surface area contributed by atoms with Crippen LogP contribution in [0.1, 0.15) is 28.7 Å². The molecular weight excluding hydrogens is 572 g/mol. The Bertz CT molecular complexity index is 1250. The number of hydrogen-bond acceptors (Lipinski definition) is 5. The minimum Gasteiger partial charge on any atom is -0.444 e. The molecule has 0 aromatic heterocycles. The summed E-state index contributed by atoms with van der Waals surface area (Å²) in [4.78, 5) is 43.6. The third-order valence-electron chi connectivity index (χ3n) is 7.16. The molecule has 2 fully saturated rings. The van der Waals surface area contributed by atoms with E-state index < -0.39 is 53.8 Å². The Balaban J connectivity index is 1.58. The van der Waals surface area contributed by atoms with E-state index in [1.807, 2.05) is 0 Å². The molecule has 3 amide bonds. The molecule has 2 saturated heterocycles. The zero-order chi connectivity index (χ0) is 30.7. The summed E-state index contributed by atoms with van der Waals surface area (Å²) < 4.78 is 90.0. The highest BCUT2D eigenvalue weighted by Gasteiger charge is 2.47. The van der Waals surface area contributed by atoms with Gasteiger partial charge in [0, 0.05) is 26.8 Å². The minimum absolute atomic E-state index is 0.00910. The Morgan fingerprint density at radius 1 is 0.929 bits per heavy atom. The van der Waals surface area contributed by atoms with Gasteiger partial charge >= 0.3 is 18.4 Å². The monoisotopic (exact) mass is 601 g/mol. The third-order valence-corrected chi connectivity index (χ3v) is 7.16. The van der Waals surface area contributed by atoms with Crippen molar-refractivity contribution in [2.24, 2.45) is 5.92 Å². The van der Waals surface area contributed by atoms with E-state index in [-0.39, 0.29) is 43.9 Å². The second kappa shape index (κ2) is 12.6. The fourth-order valence-electron chi connectivity index (χ4n) is 5.10. The maximum absolute atomic E-state index is 13.4. The molecule has 1 unspecified atom stereocenters. The number of rotatable bonds is 8. The lowest BCUT2D eigenvalue weighted by Gasteiger charge is -2.50. The lowest BCUT2D eigenvalue weighted by molar-refractivity contribution is -0.164. The van der Waals surface area contributed by atoms with Crippen LogP contribution >= 0.6 is 0 Å². The molecule has 4 rings (SSSR count). The number of nitrogens with zero attached hydrogens (tertiary/aromatic N) is 3. The van der Waals surface area contributed by atoms with Crippen LogP contribution < -0.4 is 0 Å². The van der Waals surface area contributed by atoms with E-state index in [4.69, 9.17) is 9.47 Å². The fraction of sp³-hybridized carbons (Fsp3) is 0.464. The first-order chi connectivity index (χ1) is 19.8. The van der Waals surface area contributed by atoms with Crippen LogP contribution in [0.25, 0.3) is 0 Å². The van der Waals surface area contributed by atoms with Gasteiger partial charge in [0.15, 0.2) is 0 Å². The van der Waals surface area contributed by atoms with Crippen LogP contribution in [-0.2, 0) is 44.4 Å². The zero-order valence-corrected chi connectivity index (χ0v) is 22.6. The van der Waals surface area contributed by atoms with Gasteiger partial charge in [0.2, 0.25) is 11.8 Å². The molecule has 0 aliphatic carbocycles. The number of ether oxygens (including phenoxy) is 2. The summed E-state index contributed by atoms with van der Waals surface area (Å²) in [6.07, 6.45) is -11.3. The van der Waals surface area contributed by atoms with Gasteiger partial charge in [0.1, 0.15) is 19.3 Å². The number of fused-ring (bicyclic) bond motifs is 1. The summed E-state index contributed by atoms with van der Waals surface area (Å²) in [6.45, 7) is -0.657. The quantitative estimate of drug-likeness (QED) is 0.327. The van der Waals surface area contributed by atoms with Gasteiger partial charge in [-0.15, -0.1) is 0 Å². The van der Waals surface area contributed by atoms with E-state index >= 15 is 0 Å². The molecule has 42 heavy (non-hydrogen) atoms. The van der Waals surface area contributed by atoms with Gasteiger partial charge in [-0.2, -0.15) is 26.3 Å². The van der Waals surface area contributed by atoms with Crippen molar-refractivity contribution in [2.75, 3.05) is 39.9 Å². The van der Waals surface area contributed by atoms with E-state index in [1.165, 1.54) is 21.8 Å². The normalized spacial score (nSPS) is 19.6. The lowest BCUT2D eigenvalue weighted by Crippen LogP contribution is -2.70. The summed E-state index contributed by atoms with van der Waals surface area (Å²) in [5.41, 5.74) is -2.76. The van der Waals surface area contributed by atoms with E-state index in [0.29, 0.717) is 31.7 Å². The SMILES string of the molecule is COCCCN1CC2N(C(=O)OCc3cc(C(F)(F)F)cc(C(F)(F)F)c3)C[C@@H](Cc3ccccc3)C(=O)N2CC1=O. The van der Waals surface area contributed by atoms with Gasteiger partial charge in [0.05, 0.1) is 23.6 Å². The fourth-order valence-corrected chi connectivity index (χ4v) is 5.10. The molecule has 2 heterocycles. The van der Waals surface area contributed by atoms with Crippen molar-refractivity contribution >= 4 is 17.9 Å². The topological polar surface area (TPSA) is 79.4 Å². The number of methoxy groups -OCH3 is 1. The van der Waals surface area contributed by atoms with Crippen molar-refractivity contribution in [1.29, 1.82) is 0 Å².